The number of rotatable bonds is 48. The van der Waals surface area contributed by atoms with Gasteiger partial charge in [-0.3, -0.25) is 28.8 Å². The van der Waals surface area contributed by atoms with Crippen LogP contribution in [0.2, 0.25) is 0 Å². The minimum Gasteiger partial charge on any atom is -0.466 e. The van der Waals surface area contributed by atoms with Gasteiger partial charge in [0, 0.05) is 51.0 Å². The molecule has 0 fully saturated rings. The van der Waals surface area contributed by atoms with Crippen LogP contribution in [0.3, 0.4) is 0 Å². The van der Waals surface area contributed by atoms with Crippen molar-refractivity contribution in [2.24, 2.45) is 11.8 Å². The molecule has 1 N–H and O–H groups in total. The van der Waals surface area contributed by atoms with E-state index in [2.05, 4.69) is 20.8 Å². The zero-order valence-corrected chi connectivity index (χ0v) is 42.2. The third-order valence-electron chi connectivity index (χ3n) is 11.5. The Hall–Kier alpha value is -3.26. The van der Waals surface area contributed by atoms with Crippen LogP contribution in [0.15, 0.2) is 0 Å². The van der Waals surface area contributed by atoms with Crippen molar-refractivity contribution in [1.82, 2.24) is 4.90 Å². The van der Waals surface area contributed by atoms with E-state index in [-0.39, 0.29) is 88.7 Å². The summed E-state index contributed by atoms with van der Waals surface area (Å²) in [5, 5.41) is 9.10. The van der Waals surface area contributed by atoms with Crippen LogP contribution in [0.4, 0.5) is 0 Å². The molecule has 0 bridgehead atoms. The number of carbonyl (C=O) groups is 6. The van der Waals surface area contributed by atoms with Crippen molar-refractivity contribution in [2.45, 2.75) is 220 Å². The van der Waals surface area contributed by atoms with Gasteiger partial charge in [-0.15, -0.1) is 0 Å². The molecule has 66 heavy (non-hydrogen) atoms. The minimum absolute atomic E-state index is 0.0708. The van der Waals surface area contributed by atoms with Gasteiger partial charge in [-0.1, -0.05) is 124 Å². The van der Waals surface area contributed by atoms with Crippen LogP contribution in [0.25, 0.3) is 0 Å². The topological polar surface area (TPSA) is 181 Å². The Bertz CT molecular complexity index is 1180. The monoisotopic (exact) mass is 942 g/mol. The number of esters is 6. The molecule has 0 amide bonds. The molecule has 0 aliphatic rings. The van der Waals surface area contributed by atoms with Crippen molar-refractivity contribution < 1.29 is 62.3 Å². The standard InChI is InChI=1S/C52H95NO13/c1-5-8-11-14-20-27-39-61-47(55)30-23-18-15-19-24-33-50(58)64-42-46(43-65-51(59)34-25-26-36-53(4)37-38-54)44-66-52(60)35-28-29-45(40-62-48(56)31-21-16-12-9-6-2)41-63-49(57)32-22-17-13-10-7-3/h45-46,54H,5-44H2,1-4H3. The maximum atomic E-state index is 12.9. The lowest BCUT2D eigenvalue weighted by Crippen LogP contribution is -2.26. The number of unbranched alkanes of at least 4 members (excludes halogenated alkanes) is 18. The van der Waals surface area contributed by atoms with Crippen molar-refractivity contribution in [2.75, 3.05) is 66.4 Å². The maximum Gasteiger partial charge on any atom is 0.305 e. The van der Waals surface area contributed by atoms with Crippen molar-refractivity contribution >= 4 is 35.8 Å². The second kappa shape index (κ2) is 46.8. The number of ether oxygens (including phenoxy) is 6. The molecule has 1 atom stereocenters. The molecule has 386 valence electrons. The van der Waals surface area contributed by atoms with Gasteiger partial charge in [0.05, 0.1) is 32.3 Å². The molecule has 0 radical (unpaired) electrons. The minimum atomic E-state index is -0.561. The highest BCUT2D eigenvalue weighted by Gasteiger charge is 2.20. The summed E-state index contributed by atoms with van der Waals surface area (Å²) in [5.74, 6) is -2.78. The normalized spacial score (nSPS) is 11.7. The zero-order chi connectivity index (χ0) is 48.7. The summed E-state index contributed by atoms with van der Waals surface area (Å²) < 4.78 is 33.1. The molecule has 14 nitrogen and oxygen atoms in total. The summed E-state index contributed by atoms with van der Waals surface area (Å²) in [4.78, 5) is 77.1. The quantitative estimate of drug-likeness (QED) is 0.0346. The summed E-state index contributed by atoms with van der Waals surface area (Å²) in [6, 6.07) is 0. The van der Waals surface area contributed by atoms with E-state index in [0.29, 0.717) is 58.1 Å². The molecule has 0 aromatic carbocycles. The Kier molecular flexibility index (Phi) is 44.5. The maximum absolute atomic E-state index is 12.9. The first-order chi connectivity index (χ1) is 32.0. The van der Waals surface area contributed by atoms with Gasteiger partial charge in [-0.2, -0.15) is 0 Å². The molecule has 0 aliphatic carbocycles. The van der Waals surface area contributed by atoms with Crippen LogP contribution in [-0.2, 0) is 57.2 Å². The van der Waals surface area contributed by atoms with Crippen LogP contribution >= 0.6 is 0 Å². The van der Waals surface area contributed by atoms with E-state index in [1.54, 1.807) is 0 Å². The van der Waals surface area contributed by atoms with Gasteiger partial charge in [0.25, 0.3) is 0 Å². The average molecular weight is 942 g/mol. The zero-order valence-electron chi connectivity index (χ0n) is 42.2. The van der Waals surface area contributed by atoms with Crippen LogP contribution in [0.1, 0.15) is 220 Å². The molecule has 0 aromatic rings. The second-order valence-corrected chi connectivity index (χ2v) is 18.1. The van der Waals surface area contributed by atoms with Crippen LogP contribution in [0, 0.1) is 11.8 Å². The molecule has 0 aliphatic heterocycles. The number of hydrogen-bond donors (Lipinski definition) is 1. The Morgan fingerprint density at radius 1 is 0.364 bits per heavy atom. The Labute approximate surface area is 400 Å². The predicted octanol–water partition coefficient (Wildman–Crippen LogP) is 10.6. The first kappa shape index (κ1) is 62.7. The predicted molar refractivity (Wildman–Crippen MR) is 257 cm³/mol. The van der Waals surface area contributed by atoms with Crippen LogP contribution in [-0.4, -0.2) is 112 Å². The molecule has 0 aromatic heterocycles. The fourth-order valence-corrected chi connectivity index (χ4v) is 7.20. The lowest BCUT2D eigenvalue weighted by molar-refractivity contribution is -0.155. The number of carbonyl (C=O) groups excluding carboxylic acids is 6. The molecule has 0 rings (SSSR count). The van der Waals surface area contributed by atoms with E-state index in [0.717, 1.165) is 116 Å². The molecular weight excluding hydrogens is 847 g/mol. The average Bonchev–Trinajstić information content (AvgIpc) is 3.30. The van der Waals surface area contributed by atoms with Crippen molar-refractivity contribution in [3.05, 3.63) is 0 Å². The van der Waals surface area contributed by atoms with Crippen molar-refractivity contribution in [1.29, 1.82) is 0 Å². The molecule has 0 saturated heterocycles. The fraction of sp³-hybridized carbons (Fsp3) is 0.885. The SMILES string of the molecule is CCCCCCCCOC(=O)CCCCCCCC(=O)OCC(COC(=O)CCCCN(C)CCO)COC(=O)CCCC(COC(=O)CCCCCCC)COC(=O)CCCCCCC. The smallest absolute Gasteiger partial charge is 0.305 e. The van der Waals surface area contributed by atoms with E-state index < -0.39 is 17.9 Å². The summed E-state index contributed by atoms with van der Waals surface area (Å²) in [7, 11) is 1.91. The third kappa shape index (κ3) is 43.3. The van der Waals surface area contributed by atoms with Crippen molar-refractivity contribution in [3.8, 4) is 0 Å². The van der Waals surface area contributed by atoms with E-state index in [1.165, 1.54) is 25.7 Å². The first-order valence-electron chi connectivity index (χ1n) is 26.3. The van der Waals surface area contributed by atoms with E-state index in [9.17, 15) is 28.8 Å². The second-order valence-electron chi connectivity index (χ2n) is 18.1. The number of hydrogen-bond acceptors (Lipinski definition) is 14. The van der Waals surface area contributed by atoms with E-state index >= 15 is 0 Å². The summed E-state index contributed by atoms with van der Waals surface area (Å²) in [6.07, 6.45) is 24.9. The highest BCUT2D eigenvalue weighted by Crippen LogP contribution is 2.16. The molecular formula is C52H95NO13. The Morgan fingerprint density at radius 2 is 0.667 bits per heavy atom. The number of aliphatic hydroxyl groups is 1. The molecule has 14 heteroatoms. The number of likely N-dealkylation sites (N-methyl/N-ethyl adjacent to an activating group) is 1. The van der Waals surface area contributed by atoms with Gasteiger partial charge < -0.3 is 38.4 Å². The molecule has 0 saturated carbocycles. The Balaban J connectivity index is 4.97. The van der Waals surface area contributed by atoms with Gasteiger partial charge in [0.15, 0.2) is 0 Å². The third-order valence-corrected chi connectivity index (χ3v) is 11.5. The summed E-state index contributed by atoms with van der Waals surface area (Å²) in [6.45, 7) is 8.26. The largest absolute Gasteiger partial charge is 0.466 e. The van der Waals surface area contributed by atoms with Crippen LogP contribution in [0.5, 0.6) is 0 Å². The van der Waals surface area contributed by atoms with E-state index in [1.807, 2.05) is 11.9 Å². The molecule has 0 spiro atoms. The number of nitrogens with zero attached hydrogens (tertiary/aromatic N) is 1. The Morgan fingerprint density at radius 3 is 1.05 bits per heavy atom. The molecule has 0 heterocycles. The van der Waals surface area contributed by atoms with Crippen LogP contribution < -0.4 is 0 Å². The number of aliphatic hydroxyl groups excluding tert-OH is 1. The molecule has 1 unspecified atom stereocenters. The van der Waals surface area contributed by atoms with Gasteiger partial charge in [0.2, 0.25) is 0 Å². The van der Waals surface area contributed by atoms with E-state index in [4.69, 9.17) is 33.5 Å². The van der Waals surface area contributed by atoms with Gasteiger partial charge in [0.1, 0.15) is 19.8 Å². The highest BCUT2D eigenvalue weighted by atomic mass is 16.6. The van der Waals surface area contributed by atoms with Gasteiger partial charge >= 0.3 is 35.8 Å². The lowest BCUT2D eigenvalue weighted by Gasteiger charge is -2.19. The summed E-state index contributed by atoms with van der Waals surface area (Å²) in [5.41, 5.74) is 0. The highest BCUT2D eigenvalue weighted by molar-refractivity contribution is 5.71. The fourth-order valence-electron chi connectivity index (χ4n) is 7.20. The van der Waals surface area contributed by atoms with Crippen molar-refractivity contribution in [3.63, 3.8) is 0 Å². The van der Waals surface area contributed by atoms with Gasteiger partial charge in [-0.25, -0.2) is 0 Å². The first-order valence-corrected chi connectivity index (χ1v) is 26.3. The van der Waals surface area contributed by atoms with Gasteiger partial charge in [-0.05, 0) is 71.4 Å². The summed E-state index contributed by atoms with van der Waals surface area (Å²) >= 11 is 0. The lowest BCUT2D eigenvalue weighted by atomic mass is 10.0.